The topological polar surface area (TPSA) is 60.0 Å². The Labute approximate surface area is 185 Å². The SMILES string of the molecule is CCNC(=NCCCCCN1CCCCC1)NC1CCN(C(=O)C(CC)CC)CC1. The van der Waals surface area contributed by atoms with Gasteiger partial charge >= 0.3 is 0 Å². The molecule has 2 aliphatic heterocycles. The van der Waals surface area contributed by atoms with Gasteiger partial charge in [0.25, 0.3) is 0 Å². The van der Waals surface area contributed by atoms with E-state index in [1.54, 1.807) is 0 Å². The van der Waals surface area contributed by atoms with Gasteiger partial charge in [0.2, 0.25) is 5.91 Å². The summed E-state index contributed by atoms with van der Waals surface area (Å²) in [6, 6.07) is 0.410. The van der Waals surface area contributed by atoms with Gasteiger partial charge in [0.05, 0.1) is 0 Å². The maximum Gasteiger partial charge on any atom is 0.225 e. The number of piperidine rings is 2. The summed E-state index contributed by atoms with van der Waals surface area (Å²) in [5, 5.41) is 7.00. The third-order valence-corrected chi connectivity index (χ3v) is 6.68. The summed E-state index contributed by atoms with van der Waals surface area (Å²) in [7, 11) is 0. The van der Waals surface area contributed by atoms with E-state index in [1.807, 2.05) is 0 Å². The monoisotopic (exact) mass is 421 g/mol. The second kappa shape index (κ2) is 14.7. The Morgan fingerprint density at radius 1 is 0.967 bits per heavy atom. The number of hydrogen-bond acceptors (Lipinski definition) is 3. The number of guanidine groups is 1. The van der Waals surface area contributed by atoms with E-state index in [0.29, 0.717) is 11.9 Å². The van der Waals surface area contributed by atoms with Crippen molar-refractivity contribution < 1.29 is 4.79 Å². The van der Waals surface area contributed by atoms with Crippen LogP contribution in [0.1, 0.15) is 85.0 Å². The smallest absolute Gasteiger partial charge is 0.225 e. The second-order valence-electron chi connectivity index (χ2n) is 8.98. The van der Waals surface area contributed by atoms with Gasteiger partial charge in [-0.1, -0.05) is 26.7 Å². The van der Waals surface area contributed by atoms with Gasteiger partial charge in [0, 0.05) is 38.1 Å². The van der Waals surface area contributed by atoms with Crippen LogP contribution in [0.25, 0.3) is 0 Å². The number of carbonyl (C=O) groups is 1. The van der Waals surface area contributed by atoms with E-state index in [4.69, 9.17) is 4.99 Å². The summed E-state index contributed by atoms with van der Waals surface area (Å²) in [6.07, 6.45) is 11.8. The van der Waals surface area contributed by atoms with Crippen LogP contribution in [0.4, 0.5) is 0 Å². The number of aliphatic imine (C=N–C) groups is 1. The molecule has 0 saturated carbocycles. The van der Waals surface area contributed by atoms with Crippen LogP contribution >= 0.6 is 0 Å². The molecule has 2 heterocycles. The maximum absolute atomic E-state index is 12.6. The van der Waals surface area contributed by atoms with Crippen molar-refractivity contribution in [3.63, 3.8) is 0 Å². The molecule has 0 radical (unpaired) electrons. The normalized spacial score (nSPS) is 19.3. The van der Waals surface area contributed by atoms with Crippen molar-refractivity contribution in [2.75, 3.05) is 45.8 Å². The van der Waals surface area contributed by atoms with Crippen LogP contribution in [0.5, 0.6) is 0 Å². The van der Waals surface area contributed by atoms with Gasteiger partial charge in [-0.15, -0.1) is 0 Å². The van der Waals surface area contributed by atoms with Crippen LogP contribution in [0.2, 0.25) is 0 Å². The summed E-state index contributed by atoms with van der Waals surface area (Å²) in [5.41, 5.74) is 0. The molecule has 2 fully saturated rings. The van der Waals surface area contributed by atoms with Crippen molar-refractivity contribution in [1.29, 1.82) is 0 Å². The molecule has 0 aromatic rings. The van der Waals surface area contributed by atoms with Gasteiger partial charge in [-0.3, -0.25) is 9.79 Å². The third kappa shape index (κ3) is 8.83. The Kier molecular flexibility index (Phi) is 12.2. The zero-order valence-electron chi connectivity index (χ0n) is 19.9. The Morgan fingerprint density at radius 3 is 2.30 bits per heavy atom. The average molecular weight is 422 g/mol. The molecular formula is C24H47N5O. The van der Waals surface area contributed by atoms with Crippen molar-refractivity contribution >= 4 is 11.9 Å². The van der Waals surface area contributed by atoms with E-state index < -0.39 is 0 Å². The van der Waals surface area contributed by atoms with E-state index in [1.165, 1.54) is 51.7 Å². The van der Waals surface area contributed by atoms with Gasteiger partial charge in [-0.05, 0) is 77.9 Å². The molecular weight excluding hydrogens is 374 g/mol. The number of carbonyl (C=O) groups excluding carboxylic acids is 1. The molecule has 2 N–H and O–H groups in total. The Morgan fingerprint density at radius 2 is 1.67 bits per heavy atom. The zero-order chi connectivity index (χ0) is 21.6. The molecule has 0 aliphatic carbocycles. The first-order valence-corrected chi connectivity index (χ1v) is 12.7. The van der Waals surface area contributed by atoms with Crippen LogP contribution in [-0.2, 0) is 4.79 Å². The molecule has 2 aliphatic rings. The maximum atomic E-state index is 12.6. The molecule has 0 aromatic carbocycles. The zero-order valence-corrected chi connectivity index (χ0v) is 19.9. The van der Waals surface area contributed by atoms with Crippen molar-refractivity contribution in [3.8, 4) is 0 Å². The second-order valence-corrected chi connectivity index (χ2v) is 8.98. The molecule has 30 heavy (non-hydrogen) atoms. The summed E-state index contributed by atoms with van der Waals surface area (Å²) < 4.78 is 0. The Hall–Kier alpha value is -1.30. The predicted octanol–water partition coefficient (Wildman–Crippen LogP) is 3.62. The minimum atomic E-state index is 0.198. The van der Waals surface area contributed by atoms with Crippen LogP contribution in [-0.4, -0.2) is 73.5 Å². The number of amides is 1. The molecule has 2 saturated heterocycles. The van der Waals surface area contributed by atoms with Gasteiger partial charge in [-0.2, -0.15) is 0 Å². The molecule has 174 valence electrons. The number of likely N-dealkylation sites (tertiary alicyclic amines) is 2. The molecule has 1 amide bonds. The minimum Gasteiger partial charge on any atom is -0.357 e. The van der Waals surface area contributed by atoms with Gasteiger partial charge < -0.3 is 20.4 Å². The lowest BCUT2D eigenvalue weighted by molar-refractivity contribution is -0.136. The highest BCUT2D eigenvalue weighted by Gasteiger charge is 2.26. The van der Waals surface area contributed by atoms with E-state index in [-0.39, 0.29) is 5.92 Å². The van der Waals surface area contributed by atoms with E-state index in [9.17, 15) is 4.79 Å². The van der Waals surface area contributed by atoms with Crippen molar-refractivity contribution in [3.05, 3.63) is 0 Å². The molecule has 2 rings (SSSR count). The highest BCUT2D eigenvalue weighted by molar-refractivity contribution is 5.80. The van der Waals surface area contributed by atoms with E-state index in [2.05, 4.69) is 41.2 Å². The first-order chi connectivity index (χ1) is 14.7. The average Bonchev–Trinajstić information content (AvgIpc) is 2.78. The van der Waals surface area contributed by atoms with Crippen molar-refractivity contribution in [2.45, 2.75) is 91.0 Å². The number of hydrogen-bond donors (Lipinski definition) is 2. The Bertz CT molecular complexity index is 492. The highest BCUT2D eigenvalue weighted by Crippen LogP contribution is 2.17. The molecule has 0 spiro atoms. The number of rotatable bonds is 11. The summed E-state index contributed by atoms with van der Waals surface area (Å²) in [6.45, 7) is 13.7. The molecule has 0 bridgehead atoms. The van der Waals surface area contributed by atoms with Crippen LogP contribution in [0.15, 0.2) is 4.99 Å². The molecule has 6 nitrogen and oxygen atoms in total. The quantitative estimate of drug-likeness (QED) is 0.304. The molecule has 0 atom stereocenters. The first kappa shape index (κ1) is 25.0. The molecule has 0 aromatic heterocycles. The summed E-state index contributed by atoms with van der Waals surface area (Å²) in [5.74, 6) is 1.49. The first-order valence-electron chi connectivity index (χ1n) is 12.7. The molecule has 6 heteroatoms. The van der Waals surface area contributed by atoms with Crippen LogP contribution < -0.4 is 10.6 Å². The van der Waals surface area contributed by atoms with Crippen molar-refractivity contribution in [2.24, 2.45) is 10.9 Å². The highest BCUT2D eigenvalue weighted by atomic mass is 16.2. The van der Waals surface area contributed by atoms with Crippen molar-refractivity contribution in [1.82, 2.24) is 20.4 Å². The number of nitrogens with one attached hydrogen (secondary N) is 2. The lowest BCUT2D eigenvalue weighted by Crippen LogP contribution is -2.50. The fourth-order valence-electron chi connectivity index (χ4n) is 4.65. The number of nitrogens with zero attached hydrogens (tertiary/aromatic N) is 3. The lowest BCUT2D eigenvalue weighted by atomic mass is 9.98. The summed E-state index contributed by atoms with van der Waals surface area (Å²) in [4.78, 5) is 22.1. The van der Waals surface area contributed by atoms with E-state index >= 15 is 0 Å². The standard InChI is InChI=1S/C24H47N5O/c1-4-21(5-2)23(30)29-19-13-22(14-20-29)27-24(25-6-3)26-15-9-7-10-16-28-17-11-8-12-18-28/h21-22H,4-20H2,1-3H3,(H2,25,26,27). The third-order valence-electron chi connectivity index (χ3n) is 6.68. The number of unbranched alkanes of at least 4 members (excludes halogenated alkanes) is 2. The van der Waals surface area contributed by atoms with Gasteiger partial charge in [0.15, 0.2) is 5.96 Å². The predicted molar refractivity (Wildman–Crippen MR) is 127 cm³/mol. The largest absolute Gasteiger partial charge is 0.357 e. The van der Waals surface area contributed by atoms with E-state index in [0.717, 1.165) is 64.2 Å². The Balaban J connectivity index is 1.65. The fourth-order valence-corrected chi connectivity index (χ4v) is 4.65. The van der Waals surface area contributed by atoms with Gasteiger partial charge in [0.1, 0.15) is 0 Å². The van der Waals surface area contributed by atoms with Crippen LogP contribution in [0, 0.1) is 5.92 Å². The van der Waals surface area contributed by atoms with Crippen LogP contribution in [0.3, 0.4) is 0 Å². The lowest BCUT2D eigenvalue weighted by Gasteiger charge is -2.34. The van der Waals surface area contributed by atoms with Gasteiger partial charge in [-0.25, -0.2) is 0 Å². The molecule has 0 unspecified atom stereocenters. The fraction of sp³-hybridized carbons (Fsp3) is 0.917. The minimum absolute atomic E-state index is 0.198. The summed E-state index contributed by atoms with van der Waals surface area (Å²) >= 11 is 0.